The van der Waals surface area contributed by atoms with Crippen molar-refractivity contribution in [3.05, 3.63) is 29.3 Å². The Balaban J connectivity index is 3.14. The van der Waals surface area contributed by atoms with Crippen molar-refractivity contribution >= 4 is 12.4 Å². The molecular weight excluding hydrogens is 218 g/mol. The molecule has 0 aliphatic rings. The normalized spacial score (nSPS) is 10.1. The quantitative estimate of drug-likeness (QED) is 0.790. The van der Waals surface area contributed by atoms with Gasteiger partial charge in [-0.3, -0.25) is 4.79 Å². The topological polar surface area (TPSA) is 70.3 Å². The Labute approximate surface area is 99.8 Å². The summed E-state index contributed by atoms with van der Waals surface area (Å²) in [7, 11) is 0. The maximum atomic E-state index is 10.7. The number of nitrogens with zero attached hydrogens (tertiary/aromatic N) is 1. The van der Waals surface area contributed by atoms with Gasteiger partial charge in [0.25, 0.3) is 0 Å². The molecule has 0 bridgehead atoms. The molecule has 0 unspecified atom stereocenters. The molecule has 0 aliphatic carbocycles. The zero-order chi connectivity index (χ0) is 12.7. The fourth-order valence-electron chi connectivity index (χ4n) is 1.35. The summed E-state index contributed by atoms with van der Waals surface area (Å²) in [5, 5.41) is 18.3. The number of allylic oxidation sites excluding steroid dienone is 1. The molecule has 0 fully saturated rings. The van der Waals surface area contributed by atoms with Gasteiger partial charge in [-0.25, -0.2) is 0 Å². The van der Waals surface area contributed by atoms with Gasteiger partial charge < -0.3 is 9.84 Å². The number of phenolic OH excluding ortho intramolecular Hbond substituents is 1. The number of phenols is 1. The van der Waals surface area contributed by atoms with Gasteiger partial charge >= 0.3 is 0 Å². The molecule has 0 radical (unpaired) electrons. The molecule has 4 heteroatoms. The number of aldehydes is 1. The second-order valence-corrected chi connectivity index (χ2v) is 3.27. The molecule has 0 atom stereocenters. The van der Waals surface area contributed by atoms with E-state index < -0.39 is 0 Å². The van der Waals surface area contributed by atoms with Crippen LogP contribution in [0.4, 0.5) is 0 Å². The van der Waals surface area contributed by atoms with Gasteiger partial charge in [-0.05, 0) is 19.1 Å². The van der Waals surface area contributed by atoms with E-state index in [9.17, 15) is 9.90 Å². The Kier molecular flexibility index (Phi) is 4.77. The average Bonchev–Trinajstić information content (AvgIpc) is 2.34. The van der Waals surface area contributed by atoms with Crippen LogP contribution < -0.4 is 4.74 Å². The summed E-state index contributed by atoms with van der Waals surface area (Å²) in [6.07, 6.45) is 4.13. The third kappa shape index (κ3) is 3.35. The van der Waals surface area contributed by atoms with Crippen LogP contribution in [0.1, 0.15) is 29.3 Å². The van der Waals surface area contributed by atoms with Gasteiger partial charge in [-0.15, -0.1) is 0 Å². The van der Waals surface area contributed by atoms with E-state index in [4.69, 9.17) is 10.00 Å². The predicted octanol–water partition coefficient (Wildman–Crippen LogP) is 2.53. The first kappa shape index (κ1) is 12.8. The van der Waals surface area contributed by atoms with Crippen molar-refractivity contribution in [2.45, 2.75) is 13.3 Å². The van der Waals surface area contributed by atoms with Crippen LogP contribution in [-0.4, -0.2) is 18.0 Å². The van der Waals surface area contributed by atoms with Crippen molar-refractivity contribution in [2.24, 2.45) is 0 Å². The van der Waals surface area contributed by atoms with Crippen molar-refractivity contribution in [1.29, 1.82) is 5.26 Å². The first-order valence-electron chi connectivity index (χ1n) is 5.21. The number of ether oxygens (including phenoxy) is 1. The molecule has 0 aromatic heterocycles. The summed E-state index contributed by atoms with van der Waals surface area (Å²) >= 11 is 0. The molecule has 17 heavy (non-hydrogen) atoms. The van der Waals surface area contributed by atoms with Crippen LogP contribution in [0.2, 0.25) is 0 Å². The lowest BCUT2D eigenvalue weighted by atomic mass is 10.1. The first-order valence-corrected chi connectivity index (χ1v) is 5.21. The Hall–Kier alpha value is -2.28. The zero-order valence-corrected chi connectivity index (χ0v) is 9.51. The number of nitriles is 1. The summed E-state index contributed by atoms with van der Waals surface area (Å²) < 4.78 is 5.22. The van der Waals surface area contributed by atoms with Crippen molar-refractivity contribution in [3.8, 4) is 17.6 Å². The number of rotatable bonds is 5. The van der Waals surface area contributed by atoms with E-state index in [0.717, 1.165) is 0 Å². The van der Waals surface area contributed by atoms with Crippen LogP contribution in [0.25, 0.3) is 6.08 Å². The average molecular weight is 231 g/mol. The van der Waals surface area contributed by atoms with E-state index in [0.29, 0.717) is 24.0 Å². The highest BCUT2D eigenvalue weighted by Gasteiger charge is 2.08. The minimum atomic E-state index is -0.0216. The molecule has 0 aliphatic heterocycles. The van der Waals surface area contributed by atoms with Gasteiger partial charge in [0, 0.05) is 11.1 Å². The standard InChI is InChI=1S/C13H13NO3/c1-2-17-12-8-10(9-15)7-11(13(12)16)5-3-4-6-14/h3,5,7-9,16H,2,4H2,1H3. The highest BCUT2D eigenvalue weighted by molar-refractivity contribution is 5.79. The van der Waals surface area contributed by atoms with Crippen molar-refractivity contribution in [3.63, 3.8) is 0 Å². The molecular formula is C13H13NO3. The van der Waals surface area contributed by atoms with E-state index in [1.807, 2.05) is 6.07 Å². The van der Waals surface area contributed by atoms with Gasteiger partial charge in [-0.2, -0.15) is 5.26 Å². The smallest absolute Gasteiger partial charge is 0.165 e. The second-order valence-electron chi connectivity index (χ2n) is 3.27. The Morgan fingerprint density at radius 2 is 2.29 bits per heavy atom. The van der Waals surface area contributed by atoms with Crippen LogP contribution in [0.15, 0.2) is 18.2 Å². The molecule has 1 aromatic carbocycles. The Morgan fingerprint density at radius 1 is 1.53 bits per heavy atom. The van der Waals surface area contributed by atoms with E-state index in [1.54, 1.807) is 25.1 Å². The number of hydrogen-bond acceptors (Lipinski definition) is 4. The van der Waals surface area contributed by atoms with Crippen molar-refractivity contribution in [2.75, 3.05) is 6.61 Å². The van der Waals surface area contributed by atoms with Crippen LogP contribution in [0.3, 0.4) is 0 Å². The molecule has 1 rings (SSSR count). The molecule has 0 amide bonds. The van der Waals surface area contributed by atoms with E-state index in [2.05, 4.69) is 0 Å². The lowest BCUT2D eigenvalue weighted by Crippen LogP contribution is -1.94. The summed E-state index contributed by atoms with van der Waals surface area (Å²) in [5.41, 5.74) is 0.885. The third-order valence-electron chi connectivity index (χ3n) is 2.07. The minimum Gasteiger partial charge on any atom is -0.504 e. The summed E-state index contributed by atoms with van der Waals surface area (Å²) in [6.45, 7) is 2.19. The maximum absolute atomic E-state index is 10.7. The van der Waals surface area contributed by atoms with Gasteiger partial charge in [0.1, 0.15) is 6.29 Å². The lowest BCUT2D eigenvalue weighted by molar-refractivity contribution is 0.112. The predicted molar refractivity (Wildman–Crippen MR) is 63.9 cm³/mol. The molecule has 1 aromatic rings. The highest BCUT2D eigenvalue weighted by Crippen LogP contribution is 2.32. The van der Waals surface area contributed by atoms with Crippen LogP contribution >= 0.6 is 0 Å². The Morgan fingerprint density at radius 3 is 2.88 bits per heavy atom. The number of hydrogen-bond donors (Lipinski definition) is 1. The fourth-order valence-corrected chi connectivity index (χ4v) is 1.35. The van der Waals surface area contributed by atoms with Crippen LogP contribution in [-0.2, 0) is 0 Å². The molecule has 0 saturated heterocycles. The summed E-state index contributed by atoms with van der Waals surface area (Å²) in [5.74, 6) is 0.250. The van der Waals surface area contributed by atoms with Crippen LogP contribution in [0, 0.1) is 11.3 Å². The SMILES string of the molecule is CCOc1cc(C=O)cc(C=CCC#N)c1O. The highest BCUT2D eigenvalue weighted by atomic mass is 16.5. The molecule has 88 valence electrons. The largest absolute Gasteiger partial charge is 0.504 e. The van der Waals surface area contributed by atoms with E-state index in [-0.39, 0.29) is 17.9 Å². The number of carbonyl (C=O) groups is 1. The van der Waals surface area contributed by atoms with Gasteiger partial charge in [0.15, 0.2) is 11.5 Å². The molecule has 0 heterocycles. The number of aromatic hydroxyl groups is 1. The number of benzene rings is 1. The zero-order valence-electron chi connectivity index (χ0n) is 9.51. The molecule has 1 N–H and O–H groups in total. The monoisotopic (exact) mass is 231 g/mol. The molecule has 4 nitrogen and oxygen atoms in total. The molecule has 0 saturated carbocycles. The maximum Gasteiger partial charge on any atom is 0.165 e. The van der Waals surface area contributed by atoms with Gasteiger partial charge in [0.2, 0.25) is 0 Å². The summed E-state index contributed by atoms with van der Waals surface area (Å²) in [4.78, 5) is 10.7. The van der Waals surface area contributed by atoms with E-state index >= 15 is 0 Å². The van der Waals surface area contributed by atoms with Crippen LogP contribution in [0.5, 0.6) is 11.5 Å². The summed E-state index contributed by atoms with van der Waals surface area (Å²) in [6, 6.07) is 4.98. The van der Waals surface area contributed by atoms with Crippen molar-refractivity contribution in [1.82, 2.24) is 0 Å². The minimum absolute atomic E-state index is 0.0216. The van der Waals surface area contributed by atoms with Gasteiger partial charge in [-0.1, -0.05) is 12.2 Å². The second kappa shape index (κ2) is 6.33. The lowest BCUT2D eigenvalue weighted by Gasteiger charge is -2.09. The Bertz CT molecular complexity index is 472. The van der Waals surface area contributed by atoms with Gasteiger partial charge in [0.05, 0.1) is 19.1 Å². The fraction of sp³-hybridized carbons (Fsp3) is 0.231. The first-order chi connectivity index (χ1) is 8.22. The van der Waals surface area contributed by atoms with Crippen molar-refractivity contribution < 1.29 is 14.6 Å². The van der Waals surface area contributed by atoms with E-state index in [1.165, 1.54) is 6.07 Å². The third-order valence-corrected chi connectivity index (χ3v) is 2.07. The molecule has 0 spiro atoms. The number of carbonyl (C=O) groups excluding carboxylic acids is 1.